The van der Waals surface area contributed by atoms with E-state index in [0.29, 0.717) is 18.5 Å². The Kier molecular flexibility index (Phi) is 4.97. The SMILES string of the molecule is CC(CC(=O)NC1CCC(N)CC1)c1ccccc1. The monoisotopic (exact) mass is 260 g/mol. The van der Waals surface area contributed by atoms with E-state index in [9.17, 15) is 4.79 Å². The van der Waals surface area contributed by atoms with E-state index >= 15 is 0 Å². The summed E-state index contributed by atoms with van der Waals surface area (Å²) in [6, 6.07) is 10.9. The molecule has 1 amide bonds. The standard InChI is InChI=1S/C16H24N2O/c1-12(13-5-3-2-4-6-13)11-16(19)18-15-9-7-14(17)8-10-15/h2-6,12,14-15H,7-11,17H2,1H3,(H,18,19). The minimum Gasteiger partial charge on any atom is -0.353 e. The van der Waals surface area contributed by atoms with Gasteiger partial charge in [-0.25, -0.2) is 0 Å². The Hall–Kier alpha value is -1.35. The van der Waals surface area contributed by atoms with Crippen molar-refractivity contribution in [2.45, 2.75) is 57.0 Å². The summed E-state index contributed by atoms with van der Waals surface area (Å²) in [5, 5.41) is 3.15. The molecule has 3 nitrogen and oxygen atoms in total. The number of nitrogens with one attached hydrogen (secondary N) is 1. The molecule has 1 aromatic rings. The molecule has 0 bridgehead atoms. The van der Waals surface area contributed by atoms with Crippen LogP contribution < -0.4 is 11.1 Å². The summed E-state index contributed by atoms with van der Waals surface area (Å²) in [6.45, 7) is 2.10. The van der Waals surface area contributed by atoms with Gasteiger partial charge in [0.25, 0.3) is 0 Å². The fraction of sp³-hybridized carbons (Fsp3) is 0.562. The molecule has 0 aliphatic heterocycles. The Balaban J connectivity index is 1.78. The average Bonchev–Trinajstić information content (AvgIpc) is 2.42. The molecule has 1 atom stereocenters. The van der Waals surface area contributed by atoms with E-state index in [1.807, 2.05) is 18.2 Å². The van der Waals surface area contributed by atoms with Crippen molar-refractivity contribution in [2.75, 3.05) is 0 Å². The van der Waals surface area contributed by atoms with Crippen molar-refractivity contribution in [1.29, 1.82) is 0 Å². The number of nitrogens with two attached hydrogens (primary N) is 1. The first-order valence-corrected chi connectivity index (χ1v) is 7.25. The van der Waals surface area contributed by atoms with Crippen LogP contribution >= 0.6 is 0 Å². The van der Waals surface area contributed by atoms with Crippen molar-refractivity contribution in [3.05, 3.63) is 35.9 Å². The summed E-state index contributed by atoms with van der Waals surface area (Å²) in [5.74, 6) is 0.434. The van der Waals surface area contributed by atoms with Gasteiger partial charge in [0, 0.05) is 18.5 Å². The maximum absolute atomic E-state index is 12.0. The predicted molar refractivity (Wildman–Crippen MR) is 77.8 cm³/mol. The summed E-state index contributed by atoms with van der Waals surface area (Å²) >= 11 is 0. The largest absolute Gasteiger partial charge is 0.353 e. The highest BCUT2D eigenvalue weighted by molar-refractivity contribution is 5.77. The van der Waals surface area contributed by atoms with Gasteiger partial charge in [-0.2, -0.15) is 0 Å². The number of amides is 1. The summed E-state index contributed by atoms with van der Waals surface area (Å²) in [6.07, 6.45) is 4.66. The van der Waals surface area contributed by atoms with Crippen molar-refractivity contribution >= 4 is 5.91 Å². The minimum absolute atomic E-state index is 0.164. The fourth-order valence-corrected chi connectivity index (χ4v) is 2.73. The highest BCUT2D eigenvalue weighted by Crippen LogP contribution is 2.20. The molecule has 1 unspecified atom stereocenters. The Morgan fingerprint density at radius 2 is 1.89 bits per heavy atom. The lowest BCUT2D eigenvalue weighted by Gasteiger charge is -2.27. The number of carbonyl (C=O) groups is 1. The number of rotatable bonds is 4. The zero-order valence-electron chi connectivity index (χ0n) is 11.6. The van der Waals surface area contributed by atoms with E-state index in [0.717, 1.165) is 25.7 Å². The smallest absolute Gasteiger partial charge is 0.220 e. The molecule has 0 radical (unpaired) electrons. The number of carbonyl (C=O) groups excluding carboxylic acids is 1. The van der Waals surface area contributed by atoms with Crippen molar-refractivity contribution < 1.29 is 4.79 Å². The minimum atomic E-state index is 0.164. The molecule has 1 aliphatic carbocycles. The first kappa shape index (κ1) is 14.1. The van der Waals surface area contributed by atoms with Crippen LogP contribution in [0.1, 0.15) is 50.5 Å². The zero-order chi connectivity index (χ0) is 13.7. The summed E-state index contributed by atoms with van der Waals surface area (Å²) in [7, 11) is 0. The van der Waals surface area contributed by atoms with Crippen molar-refractivity contribution in [2.24, 2.45) is 5.73 Å². The molecule has 1 aliphatic rings. The summed E-state index contributed by atoms with van der Waals surface area (Å²) in [4.78, 5) is 12.0. The van der Waals surface area contributed by atoms with Gasteiger partial charge in [-0.3, -0.25) is 4.79 Å². The summed E-state index contributed by atoms with van der Waals surface area (Å²) < 4.78 is 0. The lowest BCUT2D eigenvalue weighted by Crippen LogP contribution is -2.40. The van der Waals surface area contributed by atoms with E-state index in [-0.39, 0.29) is 11.8 Å². The predicted octanol–water partition coefficient (Wildman–Crippen LogP) is 2.57. The number of hydrogen-bond acceptors (Lipinski definition) is 2. The molecular weight excluding hydrogens is 236 g/mol. The highest BCUT2D eigenvalue weighted by atomic mass is 16.1. The number of benzene rings is 1. The molecule has 2 rings (SSSR count). The quantitative estimate of drug-likeness (QED) is 0.874. The molecule has 1 aromatic carbocycles. The zero-order valence-corrected chi connectivity index (χ0v) is 11.6. The maximum Gasteiger partial charge on any atom is 0.220 e. The van der Waals surface area contributed by atoms with Crippen molar-refractivity contribution in [3.63, 3.8) is 0 Å². The first-order valence-electron chi connectivity index (χ1n) is 7.25. The van der Waals surface area contributed by atoms with Gasteiger partial charge in [-0.1, -0.05) is 37.3 Å². The van der Waals surface area contributed by atoms with E-state index in [4.69, 9.17) is 5.73 Å². The average molecular weight is 260 g/mol. The van der Waals surface area contributed by atoms with Gasteiger partial charge in [-0.05, 0) is 37.2 Å². The second-order valence-electron chi connectivity index (χ2n) is 5.70. The first-order chi connectivity index (χ1) is 9.15. The molecule has 19 heavy (non-hydrogen) atoms. The van der Waals surface area contributed by atoms with E-state index in [1.165, 1.54) is 5.56 Å². The third kappa shape index (κ3) is 4.35. The van der Waals surface area contributed by atoms with Crippen LogP contribution in [0.15, 0.2) is 30.3 Å². The maximum atomic E-state index is 12.0. The van der Waals surface area contributed by atoms with E-state index < -0.39 is 0 Å². The molecule has 0 heterocycles. The Morgan fingerprint density at radius 3 is 2.53 bits per heavy atom. The van der Waals surface area contributed by atoms with Gasteiger partial charge in [-0.15, -0.1) is 0 Å². The molecule has 1 saturated carbocycles. The lowest BCUT2D eigenvalue weighted by atomic mass is 9.91. The van der Waals surface area contributed by atoms with Crippen molar-refractivity contribution in [1.82, 2.24) is 5.32 Å². The molecule has 3 N–H and O–H groups in total. The van der Waals surface area contributed by atoms with Gasteiger partial charge in [0.05, 0.1) is 0 Å². The highest BCUT2D eigenvalue weighted by Gasteiger charge is 2.20. The normalized spacial score (nSPS) is 24.7. The lowest BCUT2D eigenvalue weighted by molar-refractivity contribution is -0.122. The van der Waals surface area contributed by atoms with Crippen LogP contribution in [0, 0.1) is 0 Å². The fourth-order valence-electron chi connectivity index (χ4n) is 2.73. The second-order valence-corrected chi connectivity index (χ2v) is 5.70. The van der Waals surface area contributed by atoms with Crippen LogP contribution in [-0.4, -0.2) is 18.0 Å². The van der Waals surface area contributed by atoms with E-state index in [1.54, 1.807) is 0 Å². The Bertz CT molecular complexity index is 396. The van der Waals surface area contributed by atoms with Crippen LogP contribution in [0.25, 0.3) is 0 Å². The Morgan fingerprint density at radius 1 is 1.26 bits per heavy atom. The molecular formula is C16H24N2O. The van der Waals surface area contributed by atoms with Gasteiger partial charge in [0.1, 0.15) is 0 Å². The van der Waals surface area contributed by atoms with Crippen LogP contribution in [0.5, 0.6) is 0 Å². The van der Waals surface area contributed by atoms with Gasteiger partial charge >= 0.3 is 0 Å². The summed E-state index contributed by atoms with van der Waals surface area (Å²) in [5.41, 5.74) is 7.10. The van der Waals surface area contributed by atoms with Crippen LogP contribution in [0.3, 0.4) is 0 Å². The van der Waals surface area contributed by atoms with Gasteiger partial charge < -0.3 is 11.1 Å². The molecule has 104 valence electrons. The molecule has 0 spiro atoms. The van der Waals surface area contributed by atoms with Gasteiger partial charge in [0.2, 0.25) is 5.91 Å². The van der Waals surface area contributed by atoms with Crippen molar-refractivity contribution in [3.8, 4) is 0 Å². The van der Waals surface area contributed by atoms with Crippen LogP contribution in [0.4, 0.5) is 0 Å². The third-order valence-corrected chi connectivity index (χ3v) is 4.00. The van der Waals surface area contributed by atoms with E-state index in [2.05, 4.69) is 24.4 Å². The number of hydrogen-bond donors (Lipinski definition) is 2. The van der Waals surface area contributed by atoms with Crippen LogP contribution in [0.2, 0.25) is 0 Å². The molecule has 1 fully saturated rings. The van der Waals surface area contributed by atoms with Crippen LogP contribution in [-0.2, 0) is 4.79 Å². The second kappa shape index (κ2) is 6.71. The third-order valence-electron chi connectivity index (χ3n) is 4.00. The Labute approximate surface area is 115 Å². The molecule has 0 saturated heterocycles. The molecule has 0 aromatic heterocycles. The molecule has 3 heteroatoms. The topological polar surface area (TPSA) is 55.1 Å². The van der Waals surface area contributed by atoms with Gasteiger partial charge in [0.15, 0.2) is 0 Å².